The number of nitrogens with zero attached hydrogens (tertiary/aromatic N) is 3. The van der Waals surface area contributed by atoms with Crippen LogP contribution >= 0.6 is 0 Å². The minimum absolute atomic E-state index is 0.0798. The van der Waals surface area contributed by atoms with Gasteiger partial charge in [0, 0.05) is 50.7 Å². The maximum Gasteiger partial charge on any atom is 0.254 e. The molecular formula is C20H24FN3O2. The summed E-state index contributed by atoms with van der Waals surface area (Å²) in [6, 6.07) is 9.55. The molecule has 3 rings (SSSR count). The van der Waals surface area contributed by atoms with Gasteiger partial charge in [-0.1, -0.05) is 0 Å². The summed E-state index contributed by atoms with van der Waals surface area (Å²) in [5.41, 5.74) is 1.54. The molecule has 1 fully saturated rings. The quantitative estimate of drug-likeness (QED) is 0.764. The molecule has 0 saturated carbocycles. The number of rotatable bonds is 7. The van der Waals surface area contributed by atoms with Gasteiger partial charge in [-0.2, -0.15) is 0 Å². The second-order valence-electron chi connectivity index (χ2n) is 6.40. The van der Waals surface area contributed by atoms with Gasteiger partial charge >= 0.3 is 0 Å². The molecule has 0 atom stereocenters. The normalized spacial score (nSPS) is 15.0. The second-order valence-corrected chi connectivity index (χ2v) is 6.40. The number of morpholine rings is 1. The van der Waals surface area contributed by atoms with Crippen molar-refractivity contribution in [3.63, 3.8) is 0 Å². The van der Waals surface area contributed by atoms with E-state index in [2.05, 4.69) is 9.88 Å². The zero-order valence-electron chi connectivity index (χ0n) is 14.8. The summed E-state index contributed by atoms with van der Waals surface area (Å²) in [7, 11) is 0. The van der Waals surface area contributed by atoms with Crippen molar-refractivity contribution >= 4 is 5.91 Å². The first kappa shape index (κ1) is 18.5. The van der Waals surface area contributed by atoms with Gasteiger partial charge in [-0.25, -0.2) is 4.39 Å². The van der Waals surface area contributed by atoms with E-state index in [1.165, 1.54) is 12.1 Å². The van der Waals surface area contributed by atoms with E-state index in [0.29, 0.717) is 18.7 Å². The first-order chi connectivity index (χ1) is 12.7. The van der Waals surface area contributed by atoms with Gasteiger partial charge in [-0.05, 0) is 48.4 Å². The predicted molar refractivity (Wildman–Crippen MR) is 97.3 cm³/mol. The van der Waals surface area contributed by atoms with Crippen molar-refractivity contribution in [2.24, 2.45) is 0 Å². The van der Waals surface area contributed by atoms with Gasteiger partial charge in [0.1, 0.15) is 5.82 Å². The van der Waals surface area contributed by atoms with Gasteiger partial charge < -0.3 is 9.64 Å². The zero-order valence-corrected chi connectivity index (χ0v) is 14.8. The van der Waals surface area contributed by atoms with Gasteiger partial charge in [-0.3, -0.25) is 14.7 Å². The molecule has 0 aliphatic carbocycles. The summed E-state index contributed by atoms with van der Waals surface area (Å²) < 4.78 is 18.5. The number of benzene rings is 1. The number of ether oxygens (including phenoxy) is 1. The third kappa shape index (κ3) is 5.34. The summed E-state index contributed by atoms with van der Waals surface area (Å²) in [6.45, 7) is 5.53. The maximum absolute atomic E-state index is 13.2. The molecule has 1 aromatic carbocycles. The Morgan fingerprint density at radius 1 is 1.12 bits per heavy atom. The second kappa shape index (κ2) is 9.40. The van der Waals surface area contributed by atoms with E-state index < -0.39 is 0 Å². The van der Waals surface area contributed by atoms with Gasteiger partial charge in [0.15, 0.2) is 0 Å². The van der Waals surface area contributed by atoms with Crippen LogP contribution in [0.1, 0.15) is 22.3 Å². The monoisotopic (exact) mass is 357 g/mol. The van der Waals surface area contributed by atoms with Crippen molar-refractivity contribution in [1.82, 2.24) is 14.8 Å². The Hall–Kier alpha value is -2.31. The molecule has 2 heterocycles. The molecule has 1 amide bonds. The fraction of sp³-hybridized carbons (Fsp3) is 0.400. The van der Waals surface area contributed by atoms with E-state index in [9.17, 15) is 9.18 Å². The fourth-order valence-electron chi connectivity index (χ4n) is 3.05. The summed E-state index contributed by atoms with van der Waals surface area (Å²) in [5, 5.41) is 0. The lowest BCUT2D eigenvalue weighted by atomic mass is 10.1. The van der Waals surface area contributed by atoms with Gasteiger partial charge in [0.05, 0.1) is 13.2 Å². The SMILES string of the molecule is O=C(c1ccc(F)cc1)N(CCCN1CCOCC1)Cc1ccncc1. The highest BCUT2D eigenvalue weighted by atomic mass is 19.1. The Morgan fingerprint density at radius 2 is 1.81 bits per heavy atom. The molecule has 0 radical (unpaired) electrons. The van der Waals surface area contributed by atoms with Crippen LogP contribution in [-0.4, -0.2) is 60.1 Å². The maximum atomic E-state index is 13.2. The molecule has 1 aromatic heterocycles. The van der Waals surface area contributed by atoms with E-state index in [1.807, 2.05) is 17.0 Å². The van der Waals surface area contributed by atoms with Crippen molar-refractivity contribution in [2.45, 2.75) is 13.0 Å². The molecule has 1 aliphatic rings. The highest BCUT2D eigenvalue weighted by Gasteiger charge is 2.17. The van der Waals surface area contributed by atoms with Crippen molar-refractivity contribution in [3.8, 4) is 0 Å². The molecule has 138 valence electrons. The average Bonchev–Trinajstić information content (AvgIpc) is 2.69. The van der Waals surface area contributed by atoms with Crippen LogP contribution in [-0.2, 0) is 11.3 Å². The highest BCUT2D eigenvalue weighted by Crippen LogP contribution is 2.12. The zero-order chi connectivity index (χ0) is 18.2. The smallest absolute Gasteiger partial charge is 0.254 e. The van der Waals surface area contributed by atoms with Crippen molar-refractivity contribution < 1.29 is 13.9 Å². The average molecular weight is 357 g/mol. The van der Waals surface area contributed by atoms with Crippen LogP contribution < -0.4 is 0 Å². The molecule has 0 bridgehead atoms. The van der Waals surface area contributed by atoms with Crippen LogP contribution in [0.25, 0.3) is 0 Å². The Balaban J connectivity index is 1.64. The number of carbonyl (C=O) groups is 1. The molecular weight excluding hydrogens is 333 g/mol. The number of hydrogen-bond donors (Lipinski definition) is 0. The predicted octanol–water partition coefficient (Wildman–Crippen LogP) is 2.59. The molecule has 0 spiro atoms. The Bertz CT molecular complexity index is 688. The molecule has 26 heavy (non-hydrogen) atoms. The van der Waals surface area contributed by atoms with E-state index in [-0.39, 0.29) is 11.7 Å². The van der Waals surface area contributed by atoms with Crippen molar-refractivity contribution in [3.05, 3.63) is 65.7 Å². The van der Waals surface area contributed by atoms with Gasteiger partial charge in [0.25, 0.3) is 5.91 Å². The summed E-state index contributed by atoms with van der Waals surface area (Å²) in [4.78, 5) is 21.1. The number of pyridine rings is 1. The van der Waals surface area contributed by atoms with Crippen LogP contribution in [0, 0.1) is 5.82 Å². The lowest BCUT2D eigenvalue weighted by Gasteiger charge is -2.28. The number of amides is 1. The van der Waals surface area contributed by atoms with Crippen molar-refractivity contribution in [2.75, 3.05) is 39.4 Å². The topological polar surface area (TPSA) is 45.7 Å². The largest absolute Gasteiger partial charge is 0.379 e. The Labute approximate surface area is 153 Å². The number of hydrogen-bond acceptors (Lipinski definition) is 4. The molecule has 6 heteroatoms. The number of aromatic nitrogens is 1. The van der Waals surface area contributed by atoms with Crippen LogP contribution in [0.4, 0.5) is 4.39 Å². The van der Waals surface area contributed by atoms with E-state index in [1.54, 1.807) is 24.5 Å². The molecule has 2 aromatic rings. The van der Waals surface area contributed by atoms with Gasteiger partial charge in [0.2, 0.25) is 0 Å². The molecule has 1 saturated heterocycles. The Morgan fingerprint density at radius 3 is 2.50 bits per heavy atom. The minimum atomic E-state index is -0.338. The summed E-state index contributed by atoms with van der Waals surface area (Å²) in [6.07, 6.45) is 4.34. The number of carbonyl (C=O) groups excluding carboxylic acids is 1. The van der Waals surface area contributed by atoms with Crippen molar-refractivity contribution in [1.29, 1.82) is 0 Å². The highest BCUT2D eigenvalue weighted by molar-refractivity contribution is 5.94. The van der Waals surface area contributed by atoms with Crippen LogP contribution in [0.5, 0.6) is 0 Å². The minimum Gasteiger partial charge on any atom is -0.379 e. The van der Waals surface area contributed by atoms with E-state index in [4.69, 9.17) is 4.74 Å². The summed E-state index contributed by atoms with van der Waals surface area (Å²) in [5.74, 6) is -0.418. The fourth-order valence-corrected chi connectivity index (χ4v) is 3.05. The molecule has 5 nitrogen and oxygen atoms in total. The van der Waals surface area contributed by atoms with E-state index >= 15 is 0 Å². The lowest BCUT2D eigenvalue weighted by Crippen LogP contribution is -2.39. The third-order valence-electron chi connectivity index (χ3n) is 4.51. The summed E-state index contributed by atoms with van der Waals surface area (Å²) >= 11 is 0. The van der Waals surface area contributed by atoms with Crippen LogP contribution in [0.3, 0.4) is 0 Å². The first-order valence-electron chi connectivity index (χ1n) is 8.96. The first-order valence-corrected chi connectivity index (χ1v) is 8.96. The van der Waals surface area contributed by atoms with E-state index in [0.717, 1.165) is 44.8 Å². The standard InChI is InChI=1S/C20H24FN3O2/c21-19-4-2-18(3-5-19)20(25)24(16-17-6-8-22-9-7-17)11-1-10-23-12-14-26-15-13-23/h2-9H,1,10-16H2. The number of halogens is 1. The third-order valence-corrected chi connectivity index (χ3v) is 4.51. The molecule has 1 aliphatic heterocycles. The molecule has 0 N–H and O–H groups in total. The van der Waals surface area contributed by atoms with Crippen LogP contribution in [0.15, 0.2) is 48.8 Å². The van der Waals surface area contributed by atoms with Crippen LogP contribution in [0.2, 0.25) is 0 Å². The molecule has 0 unspecified atom stereocenters. The Kier molecular flexibility index (Phi) is 6.68. The van der Waals surface area contributed by atoms with Gasteiger partial charge in [-0.15, -0.1) is 0 Å². The lowest BCUT2D eigenvalue weighted by molar-refractivity contribution is 0.0355.